The first-order chi connectivity index (χ1) is 8.26. The van der Waals surface area contributed by atoms with Crippen molar-refractivity contribution in [1.82, 2.24) is 9.97 Å². The van der Waals surface area contributed by atoms with Crippen LogP contribution in [0.5, 0.6) is 0 Å². The van der Waals surface area contributed by atoms with Gasteiger partial charge in [0.15, 0.2) is 0 Å². The van der Waals surface area contributed by atoms with Crippen molar-refractivity contribution in [3.8, 4) is 0 Å². The molecule has 1 heterocycles. The maximum absolute atomic E-state index is 5.51. The van der Waals surface area contributed by atoms with Crippen molar-refractivity contribution < 1.29 is 0 Å². The quantitative estimate of drug-likeness (QED) is 0.842. The van der Waals surface area contributed by atoms with Gasteiger partial charge in [-0.05, 0) is 23.4 Å². The molecule has 0 saturated carbocycles. The van der Waals surface area contributed by atoms with Gasteiger partial charge in [0.2, 0.25) is 0 Å². The molecule has 0 saturated heterocycles. The minimum Gasteiger partial charge on any atom is -0.369 e. The summed E-state index contributed by atoms with van der Waals surface area (Å²) in [5.74, 6) is 1.68. The van der Waals surface area contributed by atoms with Crippen LogP contribution in [0.25, 0.3) is 0 Å². The van der Waals surface area contributed by atoms with Gasteiger partial charge in [0.1, 0.15) is 11.6 Å². The average molecular weight is 250 g/mol. The summed E-state index contributed by atoms with van der Waals surface area (Å²) >= 11 is 0. The van der Waals surface area contributed by atoms with E-state index in [1.54, 1.807) is 6.20 Å². The van der Waals surface area contributed by atoms with Gasteiger partial charge in [0.05, 0.1) is 0 Å². The van der Waals surface area contributed by atoms with Crippen molar-refractivity contribution in [3.05, 3.63) is 18.1 Å². The summed E-state index contributed by atoms with van der Waals surface area (Å²) in [4.78, 5) is 8.64. The average Bonchev–Trinajstić information content (AvgIpc) is 2.26. The molecule has 4 heteroatoms. The number of nitrogens with two attached hydrogens (primary N) is 1. The Hall–Kier alpha value is -1.16. The molecule has 0 unspecified atom stereocenters. The third-order valence-electron chi connectivity index (χ3n) is 3.82. The lowest BCUT2D eigenvalue weighted by molar-refractivity contribution is 0.148. The molecule has 3 N–H and O–H groups in total. The van der Waals surface area contributed by atoms with E-state index >= 15 is 0 Å². The van der Waals surface area contributed by atoms with Crippen molar-refractivity contribution in [3.63, 3.8) is 0 Å². The molecule has 102 valence electrons. The van der Waals surface area contributed by atoms with Gasteiger partial charge in [-0.1, -0.05) is 34.6 Å². The van der Waals surface area contributed by atoms with E-state index in [1.165, 1.54) is 0 Å². The summed E-state index contributed by atoms with van der Waals surface area (Å²) in [6, 6.07) is 1.90. The Kier molecular flexibility index (Phi) is 4.68. The Morgan fingerprint density at radius 1 is 1.22 bits per heavy atom. The molecule has 0 radical (unpaired) electrons. The topological polar surface area (TPSA) is 63.8 Å². The lowest BCUT2D eigenvalue weighted by Crippen LogP contribution is -2.36. The lowest BCUT2D eigenvalue weighted by atomic mass is 9.69. The lowest BCUT2D eigenvalue weighted by Gasteiger charge is -2.39. The van der Waals surface area contributed by atoms with E-state index in [2.05, 4.69) is 49.9 Å². The van der Waals surface area contributed by atoms with Crippen LogP contribution < -0.4 is 11.1 Å². The van der Waals surface area contributed by atoms with Gasteiger partial charge >= 0.3 is 0 Å². The molecule has 0 aromatic carbocycles. The Bertz CT molecular complexity index is 380. The monoisotopic (exact) mass is 250 g/mol. The molecule has 1 rings (SSSR count). The van der Waals surface area contributed by atoms with Gasteiger partial charge in [0, 0.05) is 19.2 Å². The number of anilines is 1. The fourth-order valence-electron chi connectivity index (χ4n) is 1.32. The molecule has 4 nitrogen and oxygen atoms in total. The summed E-state index contributed by atoms with van der Waals surface area (Å²) in [5.41, 5.74) is 5.94. The van der Waals surface area contributed by atoms with E-state index in [-0.39, 0.29) is 10.8 Å². The normalized spacial score (nSPS) is 12.6. The fraction of sp³-hybridized carbons (Fsp3) is 0.714. The maximum Gasteiger partial charge on any atom is 0.131 e. The van der Waals surface area contributed by atoms with Crippen LogP contribution >= 0.6 is 0 Å². The van der Waals surface area contributed by atoms with Crippen LogP contribution in [0.1, 0.15) is 40.4 Å². The summed E-state index contributed by atoms with van der Waals surface area (Å²) in [6.07, 6.45) is 2.50. The zero-order valence-electron chi connectivity index (χ0n) is 12.2. The first-order valence-electron chi connectivity index (χ1n) is 6.52. The second kappa shape index (κ2) is 5.65. The molecule has 1 aromatic heterocycles. The summed E-state index contributed by atoms with van der Waals surface area (Å²) < 4.78 is 0. The van der Waals surface area contributed by atoms with Crippen molar-refractivity contribution in [2.75, 3.05) is 18.4 Å². The predicted octanol–water partition coefficient (Wildman–Crippen LogP) is 2.46. The van der Waals surface area contributed by atoms with E-state index in [0.29, 0.717) is 6.54 Å². The standard InChI is InChI=1S/C14H26N4/c1-13(2,3)14(4,5)10-17-12-7-9-16-11(18-12)6-8-15/h7,9H,6,8,10,15H2,1-5H3,(H,16,17,18). The number of hydrogen-bond donors (Lipinski definition) is 2. The van der Waals surface area contributed by atoms with Gasteiger partial charge in [-0.15, -0.1) is 0 Å². The van der Waals surface area contributed by atoms with Gasteiger partial charge in [0.25, 0.3) is 0 Å². The second-order valence-electron chi connectivity index (χ2n) is 6.38. The highest BCUT2D eigenvalue weighted by atomic mass is 15.0. The molecule has 0 spiro atoms. The molecule has 0 amide bonds. The first kappa shape index (κ1) is 14.9. The molecule has 18 heavy (non-hydrogen) atoms. The summed E-state index contributed by atoms with van der Waals surface area (Å²) in [5, 5.41) is 3.40. The van der Waals surface area contributed by atoms with E-state index in [1.807, 2.05) is 6.07 Å². The van der Waals surface area contributed by atoms with Crippen molar-refractivity contribution in [1.29, 1.82) is 0 Å². The van der Waals surface area contributed by atoms with E-state index in [9.17, 15) is 0 Å². The van der Waals surface area contributed by atoms with Crippen molar-refractivity contribution >= 4 is 5.82 Å². The zero-order valence-corrected chi connectivity index (χ0v) is 12.2. The smallest absolute Gasteiger partial charge is 0.131 e. The Morgan fingerprint density at radius 3 is 2.44 bits per heavy atom. The molecular formula is C14H26N4. The minimum absolute atomic E-state index is 0.186. The van der Waals surface area contributed by atoms with Crippen molar-refractivity contribution in [2.24, 2.45) is 16.6 Å². The van der Waals surface area contributed by atoms with Crippen LogP contribution in [-0.2, 0) is 6.42 Å². The SMILES string of the molecule is CC(C)(C)C(C)(C)CNc1ccnc(CCN)n1. The summed E-state index contributed by atoms with van der Waals surface area (Å²) in [6.45, 7) is 12.8. The van der Waals surface area contributed by atoms with E-state index in [4.69, 9.17) is 5.73 Å². The van der Waals surface area contributed by atoms with Crippen LogP contribution in [0.15, 0.2) is 12.3 Å². The highest BCUT2D eigenvalue weighted by Gasteiger charge is 2.32. The van der Waals surface area contributed by atoms with Crippen LogP contribution in [0.4, 0.5) is 5.82 Å². The highest BCUT2D eigenvalue weighted by molar-refractivity contribution is 5.33. The number of nitrogens with one attached hydrogen (secondary N) is 1. The molecule has 0 atom stereocenters. The van der Waals surface area contributed by atoms with Crippen LogP contribution in [0.2, 0.25) is 0 Å². The van der Waals surface area contributed by atoms with E-state index in [0.717, 1.165) is 24.6 Å². The third-order valence-corrected chi connectivity index (χ3v) is 3.82. The maximum atomic E-state index is 5.51. The second-order valence-corrected chi connectivity index (χ2v) is 6.38. The van der Waals surface area contributed by atoms with Crippen molar-refractivity contribution in [2.45, 2.75) is 41.0 Å². The van der Waals surface area contributed by atoms with Gasteiger partial charge < -0.3 is 11.1 Å². The Morgan fingerprint density at radius 2 is 1.89 bits per heavy atom. The van der Waals surface area contributed by atoms with Gasteiger partial charge in [-0.25, -0.2) is 9.97 Å². The molecule has 0 aliphatic rings. The van der Waals surface area contributed by atoms with Crippen LogP contribution in [0, 0.1) is 10.8 Å². The molecule has 1 aromatic rings. The molecule has 0 fully saturated rings. The highest BCUT2D eigenvalue weighted by Crippen LogP contribution is 2.37. The Labute approximate surface area is 110 Å². The zero-order chi connectivity index (χ0) is 13.8. The summed E-state index contributed by atoms with van der Waals surface area (Å²) in [7, 11) is 0. The number of rotatable bonds is 5. The molecule has 0 bridgehead atoms. The number of aromatic nitrogens is 2. The predicted molar refractivity (Wildman–Crippen MR) is 76.5 cm³/mol. The molecular weight excluding hydrogens is 224 g/mol. The minimum atomic E-state index is 0.186. The van der Waals surface area contributed by atoms with Crippen LogP contribution in [-0.4, -0.2) is 23.1 Å². The number of nitrogens with zero attached hydrogens (tertiary/aromatic N) is 2. The largest absolute Gasteiger partial charge is 0.369 e. The first-order valence-corrected chi connectivity index (χ1v) is 6.52. The van der Waals surface area contributed by atoms with Crippen LogP contribution in [0.3, 0.4) is 0 Å². The number of hydrogen-bond acceptors (Lipinski definition) is 4. The van der Waals surface area contributed by atoms with Gasteiger partial charge in [-0.3, -0.25) is 0 Å². The molecule has 0 aliphatic carbocycles. The molecule has 0 aliphatic heterocycles. The van der Waals surface area contributed by atoms with E-state index < -0.39 is 0 Å². The third kappa shape index (κ3) is 3.95. The Balaban J connectivity index is 2.66. The van der Waals surface area contributed by atoms with Gasteiger partial charge in [-0.2, -0.15) is 0 Å². The fourth-order valence-corrected chi connectivity index (χ4v) is 1.32.